The van der Waals surface area contributed by atoms with Crippen LogP contribution in [0, 0.1) is 0 Å². The maximum Gasteiger partial charge on any atom is 0.223 e. The number of hydrogen-bond donors (Lipinski definition) is 1. The number of aryl methyl sites for hydroxylation is 1. The van der Waals surface area contributed by atoms with Crippen molar-refractivity contribution >= 4 is 11.6 Å². The van der Waals surface area contributed by atoms with Crippen LogP contribution in [0.3, 0.4) is 0 Å². The molecule has 0 bridgehead atoms. The van der Waals surface area contributed by atoms with E-state index in [0.29, 0.717) is 18.5 Å². The van der Waals surface area contributed by atoms with E-state index in [1.54, 1.807) is 0 Å². The van der Waals surface area contributed by atoms with E-state index in [2.05, 4.69) is 18.7 Å². The smallest absolute Gasteiger partial charge is 0.223 e. The zero-order chi connectivity index (χ0) is 13.8. The third-order valence-corrected chi connectivity index (χ3v) is 4.06. The van der Waals surface area contributed by atoms with E-state index in [0.717, 1.165) is 30.5 Å². The van der Waals surface area contributed by atoms with Gasteiger partial charge in [0.15, 0.2) is 0 Å². The van der Waals surface area contributed by atoms with Gasteiger partial charge in [0.25, 0.3) is 0 Å². The third kappa shape index (κ3) is 3.49. The zero-order valence-corrected chi connectivity index (χ0v) is 11.9. The number of nitrogen functional groups attached to an aromatic ring is 1. The Balaban J connectivity index is 1.93. The minimum absolute atomic E-state index is 0.280. The molecule has 3 nitrogen and oxygen atoms in total. The maximum absolute atomic E-state index is 12.4. The van der Waals surface area contributed by atoms with Gasteiger partial charge in [-0.25, -0.2) is 0 Å². The number of amides is 1. The van der Waals surface area contributed by atoms with Crippen LogP contribution in [0.4, 0.5) is 5.69 Å². The second kappa shape index (κ2) is 6.09. The molecule has 0 unspecified atom stereocenters. The highest BCUT2D eigenvalue weighted by Gasteiger charge is 2.28. The molecule has 1 aliphatic heterocycles. The predicted molar refractivity (Wildman–Crippen MR) is 78.8 cm³/mol. The fourth-order valence-corrected chi connectivity index (χ4v) is 3.04. The Kier molecular flexibility index (Phi) is 4.46. The van der Waals surface area contributed by atoms with Crippen LogP contribution in [-0.4, -0.2) is 22.9 Å². The van der Waals surface area contributed by atoms with E-state index < -0.39 is 0 Å². The number of nitrogens with zero attached hydrogens (tertiary/aromatic N) is 1. The van der Waals surface area contributed by atoms with Crippen LogP contribution in [0.15, 0.2) is 24.3 Å². The topological polar surface area (TPSA) is 46.3 Å². The number of carbonyl (C=O) groups is 1. The van der Waals surface area contributed by atoms with Crippen molar-refractivity contribution in [3.63, 3.8) is 0 Å². The molecule has 1 amide bonds. The van der Waals surface area contributed by atoms with Crippen molar-refractivity contribution in [1.29, 1.82) is 0 Å². The third-order valence-electron chi connectivity index (χ3n) is 4.06. The number of anilines is 1. The van der Waals surface area contributed by atoms with Crippen molar-refractivity contribution in [2.45, 2.75) is 58.0 Å². The van der Waals surface area contributed by atoms with Gasteiger partial charge < -0.3 is 10.6 Å². The van der Waals surface area contributed by atoms with E-state index in [4.69, 9.17) is 5.73 Å². The van der Waals surface area contributed by atoms with Crippen molar-refractivity contribution in [2.24, 2.45) is 0 Å². The van der Waals surface area contributed by atoms with Gasteiger partial charge in [-0.2, -0.15) is 0 Å². The van der Waals surface area contributed by atoms with Crippen molar-refractivity contribution in [3.05, 3.63) is 29.8 Å². The molecule has 3 heteroatoms. The summed E-state index contributed by atoms with van der Waals surface area (Å²) in [4.78, 5) is 14.5. The van der Waals surface area contributed by atoms with E-state index in [1.807, 2.05) is 24.3 Å². The van der Waals surface area contributed by atoms with Crippen LogP contribution in [-0.2, 0) is 11.2 Å². The SMILES string of the molecule is C[C@@H]1CCC[C@H](C)N1C(=O)CCc1cccc(N)c1. The first kappa shape index (κ1) is 13.9. The second-order valence-electron chi connectivity index (χ2n) is 5.67. The first-order valence-corrected chi connectivity index (χ1v) is 7.23. The summed E-state index contributed by atoms with van der Waals surface area (Å²) < 4.78 is 0. The number of rotatable bonds is 3. The summed E-state index contributed by atoms with van der Waals surface area (Å²) in [5.41, 5.74) is 7.67. The molecule has 0 spiro atoms. The van der Waals surface area contributed by atoms with Gasteiger partial charge in [-0.15, -0.1) is 0 Å². The Morgan fingerprint density at radius 1 is 1.32 bits per heavy atom. The van der Waals surface area contributed by atoms with Crippen LogP contribution in [0.25, 0.3) is 0 Å². The van der Waals surface area contributed by atoms with Crippen LogP contribution < -0.4 is 5.73 Å². The zero-order valence-electron chi connectivity index (χ0n) is 11.9. The molecule has 1 aromatic rings. The average Bonchev–Trinajstić information content (AvgIpc) is 2.36. The molecule has 1 aliphatic rings. The number of piperidine rings is 1. The molecule has 0 radical (unpaired) electrons. The minimum Gasteiger partial charge on any atom is -0.399 e. The van der Waals surface area contributed by atoms with Crippen LogP contribution in [0.1, 0.15) is 45.1 Å². The lowest BCUT2D eigenvalue weighted by atomic mass is 9.96. The summed E-state index contributed by atoms with van der Waals surface area (Å²) in [6, 6.07) is 8.58. The lowest BCUT2D eigenvalue weighted by Crippen LogP contribution is -2.47. The monoisotopic (exact) mass is 260 g/mol. The van der Waals surface area contributed by atoms with Crippen LogP contribution in [0.5, 0.6) is 0 Å². The second-order valence-corrected chi connectivity index (χ2v) is 5.67. The van der Waals surface area contributed by atoms with Gasteiger partial charge in [-0.1, -0.05) is 12.1 Å². The number of nitrogens with two attached hydrogens (primary N) is 1. The Morgan fingerprint density at radius 3 is 2.63 bits per heavy atom. The highest BCUT2D eigenvalue weighted by molar-refractivity contribution is 5.77. The van der Waals surface area contributed by atoms with E-state index in [9.17, 15) is 4.79 Å². The summed E-state index contributed by atoms with van der Waals surface area (Å²) in [7, 11) is 0. The molecule has 0 aromatic heterocycles. The Hall–Kier alpha value is -1.51. The summed E-state index contributed by atoms with van der Waals surface area (Å²) in [5.74, 6) is 0.280. The van der Waals surface area contributed by atoms with Gasteiger partial charge in [-0.05, 0) is 57.2 Å². The molecule has 1 heterocycles. The van der Waals surface area contributed by atoms with Gasteiger partial charge in [0, 0.05) is 24.2 Å². The van der Waals surface area contributed by atoms with Gasteiger partial charge in [0.05, 0.1) is 0 Å². The normalized spacial score (nSPS) is 23.4. The summed E-state index contributed by atoms with van der Waals surface area (Å²) in [5, 5.41) is 0. The highest BCUT2D eigenvalue weighted by atomic mass is 16.2. The first-order valence-electron chi connectivity index (χ1n) is 7.23. The quantitative estimate of drug-likeness (QED) is 0.849. The van der Waals surface area contributed by atoms with Crippen molar-refractivity contribution in [2.75, 3.05) is 5.73 Å². The number of carbonyl (C=O) groups excluding carboxylic acids is 1. The molecule has 2 N–H and O–H groups in total. The number of likely N-dealkylation sites (tertiary alicyclic amines) is 1. The van der Waals surface area contributed by atoms with Crippen LogP contribution >= 0.6 is 0 Å². The van der Waals surface area contributed by atoms with E-state index >= 15 is 0 Å². The number of benzene rings is 1. The lowest BCUT2D eigenvalue weighted by Gasteiger charge is -2.39. The van der Waals surface area contributed by atoms with Crippen LogP contribution in [0.2, 0.25) is 0 Å². The van der Waals surface area contributed by atoms with Gasteiger partial charge >= 0.3 is 0 Å². The molecule has 0 aliphatic carbocycles. The molecule has 1 aromatic carbocycles. The molecular formula is C16H24N2O. The lowest BCUT2D eigenvalue weighted by molar-refractivity contribution is -0.137. The first-order chi connectivity index (χ1) is 9.08. The molecule has 0 saturated carbocycles. The Labute approximate surface area is 115 Å². The molecule has 1 saturated heterocycles. The van der Waals surface area contributed by atoms with Crippen molar-refractivity contribution in [1.82, 2.24) is 4.90 Å². The summed E-state index contributed by atoms with van der Waals surface area (Å²) >= 11 is 0. The van der Waals surface area contributed by atoms with Gasteiger partial charge in [0.1, 0.15) is 0 Å². The summed E-state index contributed by atoms with van der Waals surface area (Å²) in [6.45, 7) is 4.32. The minimum atomic E-state index is 0.280. The van der Waals surface area contributed by atoms with Gasteiger partial charge in [0.2, 0.25) is 5.91 Å². The molecule has 2 atom stereocenters. The fraction of sp³-hybridized carbons (Fsp3) is 0.562. The molecule has 1 fully saturated rings. The Bertz CT molecular complexity index is 434. The summed E-state index contributed by atoms with van der Waals surface area (Å²) in [6.07, 6.45) is 4.86. The largest absolute Gasteiger partial charge is 0.399 e. The van der Waals surface area contributed by atoms with Crippen molar-refractivity contribution in [3.8, 4) is 0 Å². The Morgan fingerprint density at radius 2 is 2.00 bits per heavy atom. The van der Waals surface area contributed by atoms with Crippen molar-refractivity contribution < 1.29 is 4.79 Å². The van der Waals surface area contributed by atoms with Gasteiger partial charge in [-0.3, -0.25) is 4.79 Å². The molecular weight excluding hydrogens is 236 g/mol. The number of hydrogen-bond acceptors (Lipinski definition) is 2. The van der Waals surface area contributed by atoms with E-state index in [-0.39, 0.29) is 5.91 Å². The predicted octanol–water partition coefficient (Wildman–Crippen LogP) is 2.99. The molecule has 19 heavy (non-hydrogen) atoms. The van der Waals surface area contributed by atoms with E-state index in [1.165, 1.54) is 6.42 Å². The fourth-order valence-electron chi connectivity index (χ4n) is 3.04. The highest BCUT2D eigenvalue weighted by Crippen LogP contribution is 2.23. The standard InChI is InChI=1S/C16H24N2O/c1-12-5-3-6-13(2)18(12)16(19)10-9-14-7-4-8-15(17)11-14/h4,7-8,11-13H,3,5-6,9-10,17H2,1-2H3/t12-,13+. The average molecular weight is 260 g/mol. The molecule has 2 rings (SSSR count). The molecule has 104 valence electrons. The maximum atomic E-state index is 12.4.